The number of hydrogen-bond donors (Lipinski definition) is 0. The van der Waals surface area contributed by atoms with Crippen molar-refractivity contribution < 1.29 is 9.53 Å². The van der Waals surface area contributed by atoms with E-state index in [9.17, 15) is 4.79 Å². The Kier molecular flexibility index (Phi) is 5.32. The first-order valence-electron chi connectivity index (χ1n) is 10.9. The maximum atomic E-state index is 13.0. The number of carbonyl (C=O) groups is 1. The number of likely N-dealkylation sites (tertiary alicyclic amines) is 1. The van der Waals surface area contributed by atoms with Gasteiger partial charge in [0, 0.05) is 61.8 Å². The Balaban J connectivity index is 1.39. The van der Waals surface area contributed by atoms with Gasteiger partial charge in [-0.2, -0.15) is 0 Å². The maximum absolute atomic E-state index is 13.0. The average Bonchev–Trinajstić information content (AvgIpc) is 3.38. The van der Waals surface area contributed by atoms with Crippen molar-refractivity contribution in [2.24, 2.45) is 0 Å². The minimum atomic E-state index is -0.00408. The second-order valence-electron chi connectivity index (χ2n) is 8.09. The standard InChI is InChI=1S/C24H27N5O2/c1-31-19-8-6-7-18(17-19)27-13-15-28(16-14-27)23-21-10-3-2-9-20(21)22(25-26-23)24(30)29-11-4-5-12-29/h2-3,6-10,17H,4-5,11-16H2,1H3. The van der Waals surface area contributed by atoms with Crippen LogP contribution in [-0.4, -0.2) is 67.4 Å². The van der Waals surface area contributed by atoms with Gasteiger partial charge in [0.1, 0.15) is 5.75 Å². The molecule has 31 heavy (non-hydrogen) atoms. The van der Waals surface area contributed by atoms with Gasteiger partial charge in [-0.1, -0.05) is 30.3 Å². The lowest BCUT2D eigenvalue weighted by atomic mass is 10.1. The van der Waals surface area contributed by atoms with Crippen molar-refractivity contribution >= 4 is 28.2 Å². The van der Waals surface area contributed by atoms with E-state index in [2.05, 4.69) is 38.2 Å². The van der Waals surface area contributed by atoms with Crippen molar-refractivity contribution in [3.8, 4) is 5.75 Å². The fourth-order valence-electron chi connectivity index (χ4n) is 4.53. The SMILES string of the molecule is COc1cccc(N2CCN(c3nnc(C(=O)N4CCCC4)c4ccccc34)CC2)c1. The number of ether oxygens (including phenoxy) is 1. The molecular formula is C24H27N5O2. The summed E-state index contributed by atoms with van der Waals surface area (Å²) in [4.78, 5) is 19.5. The molecule has 160 valence electrons. The third-order valence-corrected chi connectivity index (χ3v) is 6.26. The van der Waals surface area contributed by atoms with E-state index in [-0.39, 0.29) is 5.91 Å². The molecule has 0 radical (unpaired) electrons. The second-order valence-corrected chi connectivity index (χ2v) is 8.09. The number of hydrogen-bond acceptors (Lipinski definition) is 6. The summed E-state index contributed by atoms with van der Waals surface area (Å²) in [5.74, 6) is 1.73. The first kappa shape index (κ1) is 19.6. The summed E-state index contributed by atoms with van der Waals surface area (Å²) in [6, 6.07) is 16.2. The van der Waals surface area contributed by atoms with Crippen LogP contribution in [0, 0.1) is 0 Å². The molecule has 7 nitrogen and oxygen atoms in total. The minimum Gasteiger partial charge on any atom is -0.497 e. The summed E-state index contributed by atoms with van der Waals surface area (Å²) in [5.41, 5.74) is 1.64. The average molecular weight is 418 g/mol. The monoisotopic (exact) mass is 417 g/mol. The van der Waals surface area contributed by atoms with Crippen LogP contribution < -0.4 is 14.5 Å². The van der Waals surface area contributed by atoms with E-state index in [1.807, 2.05) is 35.2 Å². The Labute approximate surface area is 182 Å². The third-order valence-electron chi connectivity index (χ3n) is 6.26. The Morgan fingerprint density at radius 2 is 1.55 bits per heavy atom. The van der Waals surface area contributed by atoms with Gasteiger partial charge in [-0.05, 0) is 25.0 Å². The molecule has 2 saturated heterocycles. The summed E-state index contributed by atoms with van der Waals surface area (Å²) >= 11 is 0. The van der Waals surface area contributed by atoms with Gasteiger partial charge in [-0.25, -0.2) is 0 Å². The molecule has 3 aromatic rings. The molecule has 1 aromatic heterocycles. The molecule has 0 N–H and O–H groups in total. The lowest BCUT2D eigenvalue weighted by Crippen LogP contribution is -2.47. The molecule has 2 fully saturated rings. The van der Waals surface area contributed by atoms with Crippen molar-refractivity contribution in [2.75, 3.05) is 56.2 Å². The molecule has 3 heterocycles. The lowest BCUT2D eigenvalue weighted by Gasteiger charge is -2.37. The number of nitrogens with zero attached hydrogens (tertiary/aromatic N) is 5. The van der Waals surface area contributed by atoms with Crippen LogP contribution in [0.15, 0.2) is 48.5 Å². The van der Waals surface area contributed by atoms with Gasteiger partial charge in [0.15, 0.2) is 11.5 Å². The van der Waals surface area contributed by atoms with Gasteiger partial charge in [0.25, 0.3) is 5.91 Å². The molecule has 5 rings (SSSR count). The van der Waals surface area contributed by atoms with Crippen LogP contribution in [0.25, 0.3) is 10.8 Å². The van der Waals surface area contributed by atoms with Crippen molar-refractivity contribution in [1.29, 1.82) is 0 Å². The van der Waals surface area contributed by atoms with Gasteiger partial charge in [-0.15, -0.1) is 10.2 Å². The van der Waals surface area contributed by atoms with E-state index in [1.165, 1.54) is 5.69 Å². The van der Waals surface area contributed by atoms with Crippen LogP contribution in [0.3, 0.4) is 0 Å². The van der Waals surface area contributed by atoms with Crippen molar-refractivity contribution in [1.82, 2.24) is 15.1 Å². The van der Waals surface area contributed by atoms with Gasteiger partial charge in [0.2, 0.25) is 0 Å². The highest BCUT2D eigenvalue weighted by atomic mass is 16.5. The number of amides is 1. The number of piperazine rings is 1. The Morgan fingerprint density at radius 1 is 0.839 bits per heavy atom. The van der Waals surface area contributed by atoms with Gasteiger partial charge < -0.3 is 19.4 Å². The maximum Gasteiger partial charge on any atom is 0.275 e. The number of benzene rings is 2. The molecule has 1 amide bonds. The number of rotatable bonds is 4. The summed E-state index contributed by atoms with van der Waals surface area (Å²) in [6.45, 7) is 5.07. The van der Waals surface area contributed by atoms with Crippen molar-refractivity contribution in [2.45, 2.75) is 12.8 Å². The predicted molar refractivity (Wildman–Crippen MR) is 122 cm³/mol. The molecule has 0 spiro atoms. The van der Waals surface area contributed by atoms with Crippen LogP contribution in [-0.2, 0) is 0 Å². The zero-order chi connectivity index (χ0) is 21.2. The number of fused-ring (bicyclic) bond motifs is 1. The predicted octanol–water partition coefficient (Wildman–Crippen LogP) is 3.20. The van der Waals surface area contributed by atoms with E-state index in [0.29, 0.717) is 5.69 Å². The number of aromatic nitrogens is 2. The third kappa shape index (κ3) is 3.76. The molecular weight excluding hydrogens is 390 g/mol. The van der Waals surface area contributed by atoms with E-state index < -0.39 is 0 Å². The van der Waals surface area contributed by atoms with Crippen LogP contribution in [0.2, 0.25) is 0 Å². The summed E-state index contributed by atoms with van der Waals surface area (Å²) in [7, 11) is 1.69. The van der Waals surface area contributed by atoms with Crippen LogP contribution in [0.4, 0.5) is 11.5 Å². The fourth-order valence-corrected chi connectivity index (χ4v) is 4.53. The molecule has 0 saturated carbocycles. The van der Waals surface area contributed by atoms with Gasteiger partial charge >= 0.3 is 0 Å². The highest BCUT2D eigenvalue weighted by molar-refractivity contribution is 6.07. The highest BCUT2D eigenvalue weighted by Crippen LogP contribution is 2.29. The normalized spacial score (nSPS) is 16.7. The summed E-state index contributed by atoms with van der Waals surface area (Å²) < 4.78 is 5.37. The first-order valence-corrected chi connectivity index (χ1v) is 10.9. The summed E-state index contributed by atoms with van der Waals surface area (Å²) in [6.07, 6.45) is 2.12. The highest BCUT2D eigenvalue weighted by Gasteiger charge is 2.26. The molecule has 2 aliphatic rings. The van der Waals surface area contributed by atoms with E-state index in [1.54, 1.807) is 7.11 Å². The quantitative estimate of drug-likeness (QED) is 0.650. The smallest absolute Gasteiger partial charge is 0.275 e. The number of methoxy groups -OCH3 is 1. The fraction of sp³-hybridized carbons (Fsp3) is 0.375. The molecule has 0 bridgehead atoms. The van der Waals surface area contributed by atoms with Crippen LogP contribution >= 0.6 is 0 Å². The van der Waals surface area contributed by atoms with E-state index in [4.69, 9.17) is 4.74 Å². The number of carbonyl (C=O) groups excluding carboxylic acids is 1. The Bertz CT molecular complexity index is 1090. The largest absolute Gasteiger partial charge is 0.497 e. The summed E-state index contributed by atoms with van der Waals surface area (Å²) in [5, 5.41) is 10.8. The molecule has 0 unspecified atom stereocenters. The van der Waals surface area contributed by atoms with E-state index >= 15 is 0 Å². The first-order chi connectivity index (χ1) is 15.2. The van der Waals surface area contributed by atoms with Crippen molar-refractivity contribution in [3.05, 3.63) is 54.2 Å². The van der Waals surface area contributed by atoms with Crippen LogP contribution in [0.1, 0.15) is 23.3 Å². The second kappa shape index (κ2) is 8.41. The minimum absolute atomic E-state index is 0.00408. The van der Waals surface area contributed by atoms with Crippen LogP contribution in [0.5, 0.6) is 5.75 Å². The Morgan fingerprint density at radius 3 is 2.29 bits per heavy atom. The molecule has 2 aromatic carbocycles. The van der Waals surface area contributed by atoms with E-state index in [0.717, 1.165) is 74.5 Å². The molecule has 2 aliphatic heterocycles. The van der Waals surface area contributed by atoms with Gasteiger partial charge in [0.05, 0.1) is 7.11 Å². The molecule has 7 heteroatoms. The van der Waals surface area contributed by atoms with Crippen molar-refractivity contribution in [3.63, 3.8) is 0 Å². The number of anilines is 2. The molecule has 0 atom stereocenters. The lowest BCUT2D eigenvalue weighted by molar-refractivity contribution is 0.0788. The Hall–Kier alpha value is -3.35. The topological polar surface area (TPSA) is 61.8 Å². The molecule has 0 aliphatic carbocycles. The zero-order valence-electron chi connectivity index (χ0n) is 17.8. The zero-order valence-corrected chi connectivity index (χ0v) is 17.8. The van der Waals surface area contributed by atoms with Gasteiger partial charge in [-0.3, -0.25) is 4.79 Å².